The van der Waals surface area contributed by atoms with E-state index >= 15 is 0 Å². The third kappa shape index (κ3) is 5.83. The molecule has 0 fully saturated rings. The van der Waals surface area contributed by atoms with Crippen LogP contribution in [0.3, 0.4) is 0 Å². The summed E-state index contributed by atoms with van der Waals surface area (Å²) in [4.78, 5) is 29.4. The first-order chi connectivity index (χ1) is 17.6. The highest BCUT2D eigenvalue weighted by atomic mass is 19.1. The van der Waals surface area contributed by atoms with Crippen molar-refractivity contribution in [2.24, 2.45) is 10.4 Å². The fourth-order valence-corrected chi connectivity index (χ4v) is 4.18. The zero-order valence-corrected chi connectivity index (χ0v) is 19.6. The minimum Gasteiger partial charge on any atom is -0.331 e. The van der Waals surface area contributed by atoms with Crippen LogP contribution in [0.1, 0.15) is 25.7 Å². The van der Waals surface area contributed by atoms with Crippen molar-refractivity contribution < 1.29 is 8.78 Å². The number of nitroso groups, excluding NO2 is 2. The molecule has 2 aromatic rings. The Morgan fingerprint density at radius 2 is 0.972 bits per heavy atom. The van der Waals surface area contributed by atoms with Crippen LogP contribution in [0.2, 0.25) is 0 Å². The van der Waals surface area contributed by atoms with Gasteiger partial charge in [-0.05, 0) is 71.7 Å². The number of anilines is 2. The van der Waals surface area contributed by atoms with E-state index in [0.29, 0.717) is 24.7 Å². The average molecular weight is 493 g/mol. The van der Waals surface area contributed by atoms with Crippen LogP contribution in [0.25, 0.3) is 0 Å². The Balaban J connectivity index is 1.23. The van der Waals surface area contributed by atoms with E-state index < -0.39 is 0 Å². The summed E-state index contributed by atoms with van der Waals surface area (Å²) < 4.78 is 26.5. The molecule has 0 saturated carbocycles. The molecule has 0 N–H and O–H groups in total. The van der Waals surface area contributed by atoms with Crippen molar-refractivity contribution in [1.82, 2.24) is 9.80 Å². The van der Waals surface area contributed by atoms with Crippen molar-refractivity contribution in [3.05, 3.63) is 119 Å². The van der Waals surface area contributed by atoms with Crippen LogP contribution < -0.4 is 9.80 Å². The molecule has 2 aliphatic heterocycles. The van der Waals surface area contributed by atoms with Gasteiger partial charge in [-0.3, -0.25) is 0 Å². The van der Waals surface area contributed by atoms with Crippen LogP contribution in [0.5, 0.6) is 0 Å². The van der Waals surface area contributed by atoms with Crippen molar-refractivity contribution >= 4 is 11.4 Å². The topological polar surface area (TPSA) is 71.8 Å². The number of rotatable bonds is 11. The van der Waals surface area contributed by atoms with Crippen molar-refractivity contribution in [2.45, 2.75) is 25.7 Å². The standard InChI is InChI=1S/C26H26F2N6O2/c27-21-5-9-23(10-6-21)33-17-15-31(25(33)19-29-35)13-3-1-2-4-14-32-16-18-34(26(32)20-30-36)24-11-7-22(28)8-12-24/h5-12,15-20H,1-4,13-14H2/b25-19-,26-20+. The second-order valence-corrected chi connectivity index (χ2v) is 8.28. The summed E-state index contributed by atoms with van der Waals surface area (Å²) in [5, 5.41) is 5.88. The molecule has 0 spiro atoms. The van der Waals surface area contributed by atoms with Gasteiger partial charge in [-0.2, -0.15) is 0 Å². The molecule has 2 heterocycles. The molecule has 10 heteroatoms. The molecule has 186 valence electrons. The number of benzene rings is 2. The van der Waals surface area contributed by atoms with Crippen molar-refractivity contribution in [3.8, 4) is 0 Å². The largest absolute Gasteiger partial charge is 0.331 e. The van der Waals surface area contributed by atoms with Gasteiger partial charge in [0, 0.05) is 49.3 Å². The lowest BCUT2D eigenvalue weighted by atomic mass is 10.2. The highest BCUT2D eigenvalue weighted by molar-refractivity contribution is 5.58. The number of nitrogens with zero attached hydrogens (tertiary/aromatic N) is 6. The van der Waals surface area contributed by atoms with E-state index in [1.54, 1.807) is 34.1 Å². The molecular formula is C26H26F2N6O2. The van der Waals surface area contributed by atoms with Crippen molar-refractivity contribution in [3.63, 3.8) is 0 Å². The van der Waals surface area contributed by atoms with E-state index in [-0.39, 0.29) is 11.6 Å². The van der Waals surface area contributed by atoms with Crippen LogP contribution in [-0.4, -0.2) is 22.9 Å². The molecule has 2 aromatic carbocycles. The van der Waals surface area contributed by atoms with Crippen LogP contribution in [0.4, 0.5) is 20.2 Å². The molecule has 0 saturated heterocycles. The third-order valence-corrected chi connectivity index (χ3v) is 5.97. The fraction of sp³-hybridized carbons (Fsp3) is 0.231. The van der Waals surface area contributed by atoms with Gasteiger partial charge < -0.3 is 19.6 Å². The lowest BCUT2D eigenvalue weighted by Gasteiger charge is -2.24. The zero-order valence-electron chi connectivity index (χ0n) is 19.6. The lowest BCUT2D eigenvalue weighted by Crippen LogP contribution is -2.24. The first-order valence-electron chi connectivity index (χ1n) is 11.7. The zero-order chi connectivity index (χ0) is 25.3. The number of hydrogen-bond donors (Lipinski definition) is 0. The molecule has 4 rings (SSSR count). The quantitative estimate of drug-likeness (QED) is 0.262. The predicted molar refractivity (Wildman–Crippen MR) is 136 cm³/mol. The predicted octanol–water partition coefficient (Wildman–Crippen LogP) is 6.54. The summed E-state index contributed by atoms with van der Waals surface area (Å²) in [6.07, 6.45) is 13.6. The molecule has 2 aliphatic rings. The summed E-state index contributed by atoms with van der Waals surface area (Å²) in [5.41, 5.74) is 1.49. The highest BCUT2D eigenvalue weighted by Gasteiger charge is 2.22. The summed E-state index contributed by atoms with van der Waals surface area (Å²) in [5.74, 6) is 0.595. The highest BCUT2D eigenvalue weighted by Crippen LogP contribution is 2.29. The first-order valence-corrected chi connectivity index (χ1v) is 11.7. The van der Waals surface area contributed by atoms with Crippen LogP contribution in [0.15, 0.2) is 108 Å². The maximum absolute atomic E-state index is 13.3. The van der Waals surface area contributed by atoms with Gasteiger partial charge in [-0.1, -0.05) is 12.8 Å². The molecule has 8 nitrogen and oxygen atoms in total. The summed E-state index contributed by atoms with van der Waals surface area (Å²) in [7, 11) is 0. The monoisotopic (exact) mass is 492 g/mol. The average Bonchev–Trinajstić information content (AvgIpc) is 3.47. The van der Waals surface area contributed by atoms with Gasteiger partial charge in [0.05, 0.1) is 0 Å². The maximum Gasteiger partial charge on any atom is 0.139 e. The van der Waals surface area contributed by atoms with E-state index in [4.69, 9.17) is 0 Å². The SMILES string of the molecule is O=N/C=C1/N(CCCCCCN2C=CN(c3ccc(F)cc3)/C2=C/N=O)C=CN1c1ccc(F)cc1. The molecule has 0 bridgehead atoms. The maximum atomic E-state index is 13.3. The minimum absolute atomic E-state index is 0.324. The number of halogens is 2. The number of unbranched alkanes of at least 4 members (excludes halogenated alkanes) is 3. The van der Waals surface area contributed by atoms with Gasteiger partial charge in [-0.25, -0.2) is 8.78 Å². The van der Waals surface area contributed by atoms with E-state index in [1.165, 1.54) is 36.7 Å². The second kappa shape index (κ2) is 11.9. The van der Waals surface area contributed by atoms with Crippen molar-refractivity contribution in [2.75, 3.05) is 22.9 Å². The summed E-state index contributed by atoms with van der Waals surface area (Å²) >= 11 is 0. The minimum atomic E-state index is -0.324. The van der Waals surface area contributed by atoms with Gasteiger partial charge >= 0.3 is 0 Å². The Bertz CT molecular complexity index is 1080. The molecule has 36 heavy (non-hydrogen) atoms. The normalized spacial score (nSPS) is 17.2. The Morgan fingerprint density at radius 1 is 0.583 bits per heavy atom. The van der Waals surface area contributed by atoms with Crippen LogP contribution >= 0.6 is 0 Å². The van der Waals surface area contributed by atoms with Crippen LogP contribution in [-0.2, 0) is 0 Å². The Hall–Kier alpha value is -4.34. The Labute approximate surface area is 208 Å². The molecule has 0 unspecified atom stereocenters. The summed E-state index contributed by atoms with van der Waals surface area (Å²) in [6.45, 7) is 1.41. The van der Waals surface area contributed by atoms with Gasteiger partial charge in [0.15, 0.2) is 0 Å². The van der Waals surface area contributed by atoms with E-state index in [1.807, 2.05) is 34.6 Å². The lowest BCUT2D eigenvalue weighted by molar-refractivity contribution is 0.422. The van der Waals surface area contributed by atoms with Gasteiger partial charge in [0.1, 0.15) is 35.7 Å². The van der Waals surface area contributed by atoms with E-state index in [0.717, 1.165) is 37.1 Å². The third-order valence-electron chi connectivity index (χ3n) is 5.97. The van der Waals surface area contributed by atoms with E-state index in [9.17, 15) is 18.6 Å². The smallest absolute Gasteiger partial charge is 0.139 e. The Kier molecular flexibility index (Phi) is 8.17. The Morgan fingerprint density at radius 3 is 1.33 bits per heavy atom. The molecule has 0 atom stereocenters. The van der Waals surface area contributed by atoms with Gasteiger partial charge in [-0.15, -0.1) is 9.81 Å². The molecule has 0 aliphatic carbocycles. The van der Waals surface area contributed by atoms with Gasteiger partial charge in [0.25, 0.3) is 0 Å². The van der Waals surface area contributed by atoms with Crippen LogP contribution in [0, 0.1) is 21.4 Å². The molecule has 0 radical (unpaired) electrons. The molecular weight excluding hydrogens is 466 g/mol. The van der Waals surface area contributed by atoms with Gasteiger partial charge in [0.2, 0.25) is 0 Å². The number of hydrogen-bond acceptors (Lipinski definition) is 8. The van der Waals surface area contributed by atoms with Crippen molar-refractivity contribution in [1.29, 1.82) is 0 Å². The summed E-state index contributed by atoms with van der Waals surface area (Å²) in [6, 6.07) is 12.1. The van der Waals surface area contributed by atoms with E-state index in [2.05, 4.69) is 10.4 Å². The first kappa shape index (κ1) is 24.8. The molecule has 0 aromatic heterocycles. The second-order valence-electron chi connectivity index (χ2n) is 8.28. The molecule has 0 amide bonds. The fourth-order valence-electron chi connectivity index (χ4n) is 4.18.